The first kappa shape index (κ1) is 18.1. The van der Waals surface area contributed by atoms with E-state index in [-0.39, 0.29) is 17.2 Å². The van der Waals surface area contributed by atoms with Gasteiger partial charge in [-0.1, -0.05) is 30.3 Å². The normalized spacial score (nSPS) is 10.4. The highest BCUT2D eigenvalue weighted by molar-refractivity contribution is 5.95. The number of hydrogen-bond acceptors (Lipinski definition) is 5. The summed E-state index contributed by atoms with van der Waals surface area (Å²) in [7, 11) is 1.48. The number of anilines is 1. The first-order chi connectivity index (χ1) is 13.1. The fourth-order valence-electron chi connectivity index (χ4n) is 2.72. The van der Waals surface area contributed by atoms with Gasteiger partial charge in [-0.2, -0.15) is 0 Å². The van der Waals surface area contributed by atoms with E-state index in [1.165, 1.54) is 19.2 Å². The van der Waals surface area contributed by atoms with Crippen LogP contribution in [-0.2, 0) is 13.1 Å². The summed E-state index contributed by atoms with van der Waals surface area (Å²) in [6.45, 7) is 0.982. The Balaban J connectivity index is 1.76. The van der Waals surface area contributed by atoms with Crippen molar-refractivity contribution in [3.05, 3.63) is 88.0 Å². The van der Waals surface area contributed by atoms with Gasteiger partial charge in [-0.15, -0.1) is 0 Å². The molecule has 3 aromatic rings. The molecule has 0 fully saturated rings. The second kappa shape index (κ2) is 8.13. The van der Waals surface area contributed by atoms with Gasteiger partial charge in [-0.3, -0.25) is 14.9 Å². The van der Waals surface area contributed by atoms with Crippen LogP contribution in [0.25, 0.3) is 0 Å². The van der Waals surface area contributed by atoms with Crippen LogP contribution in [0.15, 0.2) is 60.9 Å². The fraction of sp³-hybridized carbons (Fsp3) is 0.158. The minimum atomic E-state index is -0.509. The predicted octanol–water partition coefficient (Wildman–Crippen LogP) is 2.81. The Bertz CT molecular complexity index is 953. The van der Waals surface area contributed by atoms with Crippen LogP contribution < -0.4 is 10.6 Å². The largest absolute Gasteiger partial charge is 0.372 e. The number of rotatable bonds is 7. The molecular weight excluding hydrogens is 346 g/mol. The highest BCUT2D eigenvalue weighted by Crippen LogP contribution is 2.26. The molecule has 27 heavy (non-hydrogen) atoms. The number of amides is 1. The third-order valence-electron chi connectivity index (χ3n) is 4.12. The SMILES string of the molecule is CNC(=O)c1ccc(NCc2nccn2Cc2ccccc2)c([N+](=O)[O-])c1. The molecule has 1 amide bonds. The number of nitrogens with one attached hydrogen (secondary N) is 2. The Labute approximate surface area is 156 Å². The van der Waals surface area contributed by atoms with Crippen molar-refractivity contribution in [2.45, 2.75) is 13.1 Å². The Kier molecular flexibility index (Phi) is 5.46. The number of carbonyl (C=O) groups is 1. The molecule has 1 heterocycles. The number of nitro groups is 1. The third-order valence-corrected chi connectivity index (χ3v) is 4.12. The van der Waals surface area contributed by atoms with Crippen LogP contribution in [0.3, 0.4) is 0 Å². The Hall–Kier alpha value is -3.68. The standard InChI is InChI=1S/C19H19N5O3/c1-20-19(25)15-7-8-16(17(11-15)24(26)27)22-12-18-21-9-10-23(18)13-14-5-3-2-4-6-14/h2-11,22H,12-13H2,1H3,(H,20,25). The molecule has 0 aliphatic carbocycles. The van der Waals surface area contributed by atoms with Crippen molar-refractivity contribution in [3.63, 3.8) is 0 Å². The number of nitrogens with zero attached hydrogens (tertiary/aromatic N) is 3. The Morgan fingerprint density at radius 3 is 2.70 bits per heavy atom. The van der Waals surface area contributed by atoms with E-state index in [1.807, 2.05) is 41.1 Å². The molecule has 0 unspecified atom stereocenters. The van der Waals surface area contributed by atoms with Crippen LogP contribution >= 0.6 is 0 Å². The average molecular weight is 365 g/mol. The van der Waals surface area contributed by atoms with Crippen molar-refractivity contribution in [2.75, 3.05) is 12.4 Å². The highest BCUT2D eigenvalue weighted by Gasteiger charge is 2.17. The van der Waals surface area contributed by atoms with Crippen LogP contribution in [0.1, 0.15) is 21.7 Å². The van der Waals surface area contributed by atoms with Crippen LogP contribution in [0.2, 0.25) is 0 Å². The smallest absolute Gasteiger partial charge is 0.293 e. The number of benzene rings is 2. The zero-order chi connectivity index (χ0) is 19.2. The summed E-state index contributed by atoms with van der Waals surface area (Å²) in [4.78, 5) is 26.9. The molecule has 0 spiro atoms. The van der Waals surface area contributed by atoms with Crippen LogP contribution in [-0.4, -0.2) is 27.4 Å². The zero-order valence-electron chi connectivity index (χ0n) is 14.8. The van der Waals surface area contributed by atoms with Gasteiger partial charge in [0.25, 0.3) is 11.6 Å². The Morgan fingerprint density at radius 2 is 2.00 bits per heavy atom. The van der Waals surface area contributed by atoms with Gasteiger partial charge in [0.05, 0.1) is 11.5 Å². The lowest BCUT2D eigenvalue weighted by Crippen LogP contribution is -2.18. The number of hydrogen-bond donors (Lipinski definition) is 2. The average Bonchev–Trinajstić information content (AvgIpc) is 3.13. The number of carbonyl (C=O) groups excluding carboxylic acids is 1. The number of aromatic nitrogens is 2. The molecule has 0 saturated carbocycles. The molecular formula is C19H19N5O3. The number of nitro benzene ring substituents is 1. The number of imidazole rings is 1. The second-order valence-electron chi connectivity index (χ2n) is 5.88. The molecule has 0 atom stereocenters. The predicted molar refractivity (Wildman–Crippen MR) is 102 cm³/mol. The molecule has 1 aromatic heterocycles. The third kappa shape index (κ3) is 4.30. The molecule has 0 radical (unpaired) electrons. The van der Waals surface area contributed by atoms with Crippen molar-refractivity contribution in [1.82, 2.24) is 14.9 Å². The summed E-state index contributed by atoms with van der Waals surface area (Å²) in [5.74, 6) is 0.381. The van der Waals surface area contributed by atoms with Crippen molar-refractivity contribution >= 4 is 17.3 Å². The van der Waals surface area contributed by atoms with E-state index in [0.717, 1.165) is 11.4 Å². The molecule has 8 heteroatoms. The van der Waals surface area contributed by atoms with Crippen molar-refractivity contribution in [2.24, 2.45) is 0 Å². The van der Waals surface area contributed by atoms with E-state index in [0.29, 0.717) is 18.8 Å². The molecule has 0 bridgehead atoms. The van der Waals surface area contributed by atoms with Crippen molar-refractivity contribution in [3.8, 4) is 0 Å². The van der Waals surface area contributed by atoms with Gasteiger partial charge in [0.1, 0.15) is 11.5 Å². The first-order valence-corrected chi connectivity index (χ1v) is 8.37. The van der Waals surface area contributed by atoms with E-state index in [9.17, 15) is 14.9 Å². The summed E-state index contributed by atoms with van der Waals surface area (Å²) in [5.41, 5.74) is 1.55. The lowest BCUT2D eigenvalue weighted by Gasteiger charge is -2.11. The minimum Gasteiger partial charge on any atom is -0.372 e. The zero-order valence-corrected chi connectivity index (χ0v) is 14.8. The van der Waals surface area contributed by atoms with Crippen LogP contribution in [0.5, 0.6) is 0 Å². The molecule has 2 N–H and O–H groups in total. The van der Waals surface area contributed by atoms with Crippen molar-refractivity contribution in [1.29, 1.82) is 0 Å². The highest BCUT2D eigenvalue weighted by atomic mass is 16.6. The van der Waals surface area contributed by atoms with Gasteiger partial charge in [-0.25, -0.2) is 4.98 Å². The molecule has 8 nitrogen and oxygen atoms in total. The van der Waals surface area contributed by atoms with Crippen molar-refractivity contribution < 1.29 is 9.72 Å². The van der Waals surface area contributed by atoms with Gasteiger partial charge in [0, 0.05) is 37.6 Å². The topological polar surface area (TPSA) is 102 Å². The van der Waals surface area contributed by atoms with Gasteiger partial charge in [-0.05, 0) is 17.7 Å². The summed E-state index contributed by atoms with van der Waals surface area (Å²) in [5, 5.41) is 16.9. The molecule has 2 aromatic carbocycles. The van der Waals surface area contributed by atoms with Gasteiger partial charge >= 0.3 is 0 Å². The van der Waals surface area contributed by atoms with Crippen LogP contribution in [0, 0.1) is 10.1 Å². The van der Waals surface area contributed by atoms with E-state index in [2.05, 4.69) is 15.6 Å². The second-order valence-corrected chi connectivity index (χ2v) is 5.88. The maximum Gasteiger partial charge on any atom is 0.293 e. The van der Waals surface area contributed by atoms with Gasteiger partial charge in [0.2, 0.25) is 0 Å². The van der Waals surface area contributed by atoms with E-state index >= 15 is 0 Å². The lowest BCUT2D eigenvalue weighted by molar-refractivity contribution is -0.384. The molecule has 0 aliphatic heterocycles. The van der Waals surface area contributed by atoms with Gasteiger partial charge < -0.3 is 15.2 Å². The molecule has 0 saturated heterocycles. The summed E-state index contributed by atoms with van der Waals surface area (Å²) in [6, 6.07) is 14.3. The monoisotopic (exact) mass is 365 g/mol. The summed E-state index contributed by atoms with van der Waals surface area (Å²) < 4.78 is 1.98. The van der Waals surface area contributed by atoms with E-state index in [4.69, 9.17) is 0 Å². The van der Waals surface area contributed by atoms with Crippen LogP contribution in [0.4, 0.5) is 11.4 Å². The lowest BCUT2D eigenvalue weighted by atomic mass is 10.1. The summed E-state index contributed by atoms with van der Waals surface area (Å²) >= 11 is 0. The summed E-state index contributed by atoms with van der Waals surface area (Å²) in [6.07, 6.45) is 3.57. The Morgan fingerprint density at radius 1 is 1.22 bits per heavy atom. The molecule has 138 valence electrons. The van der Waals surface area contributed by atoms with E-state index < -0.39 is 4.92 Å². The maximum absolute atomic E-state index is 11.7. The fourth-order valence-corrected chi connectivity index (χ4v) is 2.72. The molecule has 3 rings (SSSR count). The maximum atomic E-state index is 11.7. The quantitative estimate of drug-likeness (QED) is 0.495. The first-order valence-electron chi connectivity index (χ1n) is 8.37. The van der Waals surface area contributed by atoms with Gasteiger partial charge in [0.15, 0.2) is 0 Å². The molecule has 0 aliphatic rings. The minimum absolute atomic E-state index is 0.155. The van der Waals surface area contributed by atoms with E-state index in [1.54, 1.807) is 12.3 Å².